The number of non-ortho nitro benzene ring substituents is 1. The van der Waals surface area contributed by atoms with E-state index in [1.54, 1.807) is 44.2 Å². The molecule has 0 aliphatic rings. The summed E-state index contributed by atoms with van der Waals surface area (Å²) in [4.78, 5) is 22.2. The SMILES string of the molecule is CC(C)(C(=O)NS(=O)(=O)c1ccc([N+](=O)[O-])cc1)c1ccccc1. The monoisotopic (exact) mass is 348 g/mol. The molecular weight excluding hydrogens is 332 g/mol. The van der Waals surface area contributed by atoms with Gasteiger partial charge < -0.3 is 0 Å². The summed E-state index contributed by atoms with van der Waals surface area (Å²) < 4.78 is 26.6. The maximum atomic E-state index is 12.4. The van der Waals surface area contributed by atoms with Crippen molar-refractivity contribution >= 4 is 21.6 Å². The van der Waals surface area contributed by atoms with Gasteiger partial charge >= 0.3 is 0 Å². The Morgan fingerprint density at radius 1 is 1.04 bits per heavy atom. The van der Waals surface area contributed by atoms with Crippen LogP contribution in [-0.4, -0.2) is 19.2 Å². The largest absolute Gasteiger partial charge is 0.273 e. The van der Waals surface area contributed by atoms with Crippen molar-refractivity contribution in [3.05, 3.63) is 70.3 Å². The van der Waals surface area contributed by atoms with Crippen LogP contribution < -0.4 is 4.72 Å². The highest BCUT2D eigenvalue weighted by atomic mass is 32.2. The molecule has 0 spiro atoms. The summed E-state index contributed by atoms with van der Waals surface area (Å²) in [6.07, 6.45) is 0. The van der Waals surface area contributed by atoms with E-state index < -0.39 is 26.3 Å². The van der Waals surface area contributed by atoms with Crippen molar-refractivity contribution in [1.29, 1.82) is 0 Å². The summed E-state index contributed by atoms with van der Waals surface area (Å²) in [6, 6.07) is 13.1. The second-order valence-corrected chi connectivity index (χ2v) is 7.36. The van der Waals surface area contributed by atoms with Crippen LogP contribution in [0.1, 0.15) is 19.4 Å². The van der Waals surface area contributed by atoms with Gasteiger partial charge in [0, 0.05) is 12.1 Å². The summed E-state index contributed by atoms with van der Waals surface area (Å²) in [5, 5.41) is 10.6. The second kappa shape index (κ2) is 6.40. The Bertz CT molecular complexity index is 859. The van der Waals surface area contributed by atoms with Crippen LogP contribution in [0.2, 0.25) is 0 Å². The highest BCUT2D eigenvalue weighted by molar-refractivity contribution is 7.90. The molecule has 0 fully saturated rings. The number of carbonyl (C=O) groups excluding carboxylic acids is 1. The Kier molecular flexibility index (Phi) is 4.70. The molecule has 0 aromatic heterocycles. The zero-order valence-corrected chi connectivity index (χ0v) is 13.9. The summed E-state index contributed by atoms with van der Waals surface area (Å²) >= 11 is 0. The minimum atomic E-state index is -4.12. The van der Waals surface area contributed by atoms with E-state index in [1.807, 2.05) is 4.72 Å². The normalized spacial score (nSPS) is 11.8. The molecule has 0 bridgehead atoms. The van der Waals surface area contributed by atoms with Gasteiger partial charge in [-0.3, -0.25) is 14.9 Å². The van der Waals surface area contributed by atoms with Crippen molar-refractivity contribution in [2.75, 3.05) is 0 Å². The van der Waals surface area contributed by atoms with E-state index in [1.165, 1.54) is 0 Å². The Morgan fingerprint density at radius 2 is 1.58 bits per heavy atom. The first-order valence-corrected chi connectivity index (χ1v) is 8.50. The average molecular weight is 348 g/mol. The number of sulfonamides is 1. The van der Waals surface area contributed by atoms with E-state index in [0.717, 1.165) is 24.3 Å². The Balaban J connectivity index is 2.25. The van der Waals surface area contributed by atoms with Gasteiger partial charge in [0.1, 0.15) is 0 Å². The molecule has 0 atom stereocenters. The quantitative estimate of drug-likeness (QED) is 0.659. The molecular formula is C16H16N2O5S. The van der Waals surface area contributed by atoms with E-state index in [0.29, 0.717) is 5.56 Å². The zero-order valence-electron chi connectivity index (χ0n) is 13.1. The van der Waals surface area contributed by atoms with Gasteiger partial charge in [0.2, 0.25) is 5.91 Å². The molecule has 2 aromatic carbocycles. The second-order valence-electron chi connectivity index (χ2n) is 5.68. The third-order valence-electron chi connectivity index (χ3n) is 3.65. The van der Waals surface area contributed by atoms with Crippen molar-refractivity contribution in [2.24, 2.45) is 0 Å². The number of nitro groups is 1. The smallest absolute Gasteiger partial charge is 0.269 e. The summed E-state index contributed by atoms with van der Waals surface area (Å²) in [5.41, 5.74) is -0.624. The number of benzene rings is 2. The lowest BCUT2D eigenvalue weighted by molar-refractivity contribution is -0.384. The van der Waals surface area contributed by atoms with Crippen LogP contribution in [-0.2, 0) is 20.2 Å². The zero-order chi connectivity index (χ0) is 18.0. The molecule has 0 radical (unpaired) electrons. The molecule has 0 aliphatic heterocycles. The standard InChI is InChI=1S/C16H16N2O5S/c1-16(2,12-6-4-3-5-7-12)15(19)17-24(22,23)14-10-8-13(9-11-14)18(20)21/h3-11H,1-2H3,(H,17,19). The van der Waals surface area contributed by atoms with Crippen LogP contribution >= 0.6 is 0 Å². The topological polar surface area (TPSA) is 106 Å². The molecule has 1 N–H and O–H groups in total. The lowest BCUT2D eigenvalue weighted by atomic mass is 9.84. The highest BCUT2D eigenvalue weighted by Gasteiger charge is 2.33. The van der Waals surface area contributed by atoms with Gasteiger partial charge in [0.15, 0.2) is 0 Å². The van der Waals surface area contributed by atoms with Crippen LogP contribution in [0.25, 0.3) is 0 Å². The van der Waals surface area contributed by atoms with Crippen LogP contribution in [0.15, 0.2) is 59.5 Å². The molecule has 0 unspecified atom stereocenters. The molecule has 8 heteroatoms. The van der Waals surface area contributed by atoms with E-state index in [9.17, 15) is 23.3 Å². The fraction of sp³-hybridized carbons (Fsp3) is 0.188. The van der Waals surface area contributed by atoms with Gasteiger partial charge in [-0.2, -0.15) is 0 Å². The number of amides is 1. The number of rotatable bonds is 5. The Labute approximate surface area is 139 Å². The molecule has 0 heterocycles. The minimum absolute atomic E-state index is 0.217. The Hall–Kier alpha value is -2.74. The predicted molar refractivity (Wildman–Crippen MR) is 87.9 cm³/mol. The third-order valence-corrected chi connectivity index (χ3v) is 4.99. The number of carbonyl (C=O) groups is 1. The Morgan fingerprint density at radius 3 is 2.08 bits per heavy atom. The van der Waals surface area contributed by atoms with E-state index >= 15 is 0 Å². The predicted octanol–water partition coefficient (Wildman–Crippen LogP) is 2.38. The number of hydrogen-bond acceptors (Lipinski definition) is 5. The minimum Gasteiger partial charge on any atom is -0.273 e. The number of nitrogens with zero attached hydrogens (tertiary/aromatic N) is 1. The van der Waals surface area contributed by atoms with Crippen molar-refractivity contribution in [2.45, 2.75) is 24.2 Å². The van der Waals surface area contributed by atoms with Crippen molar-refractivity contribution in [1.82, 2.24) is 4.72 Å². The molecule has 126 valence electrons. The molecule has 0 saturated heterocycles. The summed E-state index contributed by atoms with van der Waals surface area (Å²) in [6.45, 7) is 3.23. The molecule has 2 rings (SSSR count). The molecule has 0 saturated carbocycles. The first kappa shape index (κ1) is 17.6. The van der Waals surface area contributed by atoms with Gasteiger partial charge in [-0.25, -0.2) is 13.1 Å². The third kappa shape index (κ3) is 3.60. The first-order valence-electron chi connectivity index (χ1n) is 7.02. The molecule has 7 nitrogen and oxygen atoms in total. The van der Waals surface area contributed by atoms with E-state index in [4.69, 9.17) is 0 Å². The highest BCUT2D eigenvalue weighted by Crippen LogP contribution is 2.24. The van der Waals surface area contributed by atoms with Gasteiger partial charge in [0.05, 0.1) is 15.2 Å². The van der Waals surface area contributed by atoms with E-state index in [-0.39, 0.29) is 10.6 Å². The number of nitrogens with one attached hydrogen (secondary N) is 1. The van der Waals surface area contributed by atoms with Crippen LogP contribution in [0.5, 0.6) is 0 Å². The van der Waals surface area contributed by atoms with Crippen molar-refractivity contribution < 1.29 is 18.1 Å². The first-order chi connectivity index (χ1) is 11.1. The molecule has 1 amide bonds. The van der Waals surface area contributed by atoms with Crippen LogP contribution in [0.3, 0.4) is 0 Å². The fourth-order valence-corrected chi connectivity index (χ4v) is 3.15. The van der Waals surface area contributed by atoms with Gasteiger partial charge in [-0.05, 0) is 31.5 Å². The molecule has 0 aliphatic carbocycles. The number of nitro benzene ring substituents is 1. The molecule has 2 aromatic rings. The van der Waals surface area contributed by atoms with Crippen LogP contribution in [0.4, 0.5) is 5.69 Å². The number of hydrogen-bond donors (Lipinski definition) is 1. The van der Waals surface area contributed by atoms with Crippen molar-refractivity contribution in [3.63, 3.8) is 0 Å². The molecule has 24 heavy (non-hydrogen) atoms. The van der Waals surface area contributed by atoms with Gasteiger partial charge in [-0.15, -0.1) is 0 Å². The van der Waals surface area contributed by atoms with Crippen molar-refractivity contribution in [3.8, 4) is 0 Å². The summed E-state index contributed by atoms with van der Waals surface area (Å²) in [7, 11) is -4.12. The average Bonchev–Trinajstić information content (AvgIpc) is 2.55. The lowest BCUT2D eigenvalue weighted by Gasteiger charge is -2.24. The maximum Gasteiger partial charge on any atom is 0.269 e. The summed E-state index contributed by atoms with van der Waals surface area (Å²) in [5.74, 6) is -0.688. The van der Waals surface area contributed by atoms with Gasteiger partial charge in [0.25, 0.3) is 15.7 Å². The van der Waals surface area contributed by atoms with Gasteiger partial charge in [-0.1, -0.05) is 30.3 Å². The fourth-order valence-electron chi connectivity index (χ4n) is 2.04. The lowest BCUT2D eigenvalue weighted by Crippen LogP contribution is -2.43. The van der Waals surface area contributed by atoms with E-state index in [2.05, 4.69) is 0 Å². The van der Waals surface area contributed by atoms with Crippen LogP contribution in [0, 0.1) is 10.1 Å². The maximum absolute atomic E-state index is 12.4.